The van der Waals surface area contributed by atoms with Crippen molar-refractivity contribution in [1.82, 2.24) is 19.4 Å². The van der Waals surface area contributed by atoms with E-state index in [0.29, 0.717) is 23.6 Å². The number of pyridine rings is 1. The minimum absolute atomic E-state index is 0.0600. The average Bonchev–Trinajstić information content (AvgIpc) is 3.29. The zero-order chi connectivity index (χ0) is 20.5. The van der Waals surface area contributed by atoms with Gasteiger partial charge in [-0.3, -0.25) is 9.36 Å². The Kier molecular flexibility index (Phi) is 5.11. The van der Waals surface area contributed by atoms with E-state index in [4.69, 9.17) is 0 Å². The quantitative estimate of drug-likeness (QED) is 0.637. The molecule has 3 heterocycles. The van der Waals surface area contributed by atoms with E-state index in [0.717, 1.165) is 30.9 Å². The molecule has 154 valence electrons. The third kappa shape index (κ3) is 3.53. The maximum absolute atomic E-state index is 13.4. The number of aromatic nitrogens is 3. The Balaban J connectivity index is 1.39. The minimum atomic E-state index is 0.0600. The van der Waals surface area contributed by atoms with Crippen molar-refractivity contribution < 1.29 is 4.79 Å². The summed E-state index contributed by atoms with van der Waals surface area (Å²) in [6.07, 6.45) is 9.32. The SMILES string of the molecule is Cc1cccc(-n2cnc(C(=O)N3CCC(c4ccccc4)C4CCCCC43)c2)n1. The van der Waals surface area contributed by atoms with Crippen molar-refractivity contribution >= 4 is 5.91 Å². The molecule has 1 aromatic carbocycles. The lowest BCUT2D eigenvalue weighted by molar-refractivity contribution is 0.0314. The summed E-state index contributed by atoms with van der Waals surface area (Å²) in [5, 5.41) is 0. The van der Waals surface area contributed by atoms with E-state index in [1.54, 1.807) is 6.33 Å². The summed E-state index contributed by atoms with van der Waals surface area (Å²) >= 11 is 0. The van der Waals surface area contributed by atoms with Gasteiger partial charge in [0.05, 0.1) is 0 Å². The van der Waals surface area contributed by atoms with Crippen LogP contribution in [0.2, 0.25) is 0 Å². The molecule has 1 saturated carbocycles. The van der Waals surface area contributed by atoms with Crippen molar-refractivity contribution in [3.05, 3.63) is 78.0 Å². The van der Waals surface area contributed by atoms with Gasteiger partial charge in [0, 0.05) is 24.5 Å². The predicted octanol–water partition coefficient (Wildman–Crippen LogP) is 4.76. The first-order valence-corrected chi connectivity index (χ1v) is 11.0. The first-order chi connectivity index (χ1) is 14.7. The molecule has 0 N–H and O–H groups in total. The molecule has 1 aliphatic carbocycles. The number of rotatable bonds is 3. The molecular formula is C25H28N4O. The van der Waals surface area contributed by atoms with E-state index in [9.17, 15) is 4.79 Å². The van der Waals surface area contributed by atoms with Crippen LogP contribution in [0.1, 0.15) is 59.8 Å². The fourth-order valence-electron chi connectivity index (χ4n) is 5.40. The molecule has 1 saturated heterocycles. The number of aryl methyl sites for hydroxylation is 1. The number of amides is 1. The lowest BCUT2D eigenvalue weighted by atomic mass is 9.69. The number of piperidine rings is 1. The Morgan fingerprint density at radius 2 is 1.83 bits per heavy atom. The standard InChI is InChI=1S/C25H28N4O/c1-18-8-7-13-24(27-18)28-16-22(26-17-28)25(30)29-15-14-20(19-9-3-2-4-10-19)21-11-5-6-12-23(21)29/h2-4,7-10,13,16-17,20-21,23H,5-6,11-12,14-15H2,1H3. The van der Waals surface area contributed by atoms with Crippen molar-refractivity contribution in [2.75, 3.05) is 6.54 Å². The molecule has 2 aliphatic rings. The van der Waals surface area contributed by atoms with Crippen LogP contribution in [-0.2, 0) is 0 Å². The van der Waals surface area contributed by atoms with E-state index >= 15 is 0 Å². The highest BCUT2D eigenvalue weighted by atomic mass is 16.2. The molecule has 30 heavy (non-hydrogen) atoms. The number of fused-ring (bicyclic) bond motifs is 1. The first kappa shape index (κ1) is 19.0. The van der Waals surface area contributed by atoms with Crippen LogP contribution in [0.25, 0.3) is 5.82 Å². The average molecular weight is 401 g/mol. The molecule has 3 atom stereocenters. The van der Waals surface area contributed by atoms with E-state index in [1.807, 2.05) is 35.9 Å². The van der Waals surface area contributed by atoms with Crippen LogP contribution in [0.15, 0.2) is 61.1 Å². The minimum Gasteiger partial charge on any atom is -0.334 e. The van der Waals surface area contributed by atoms with E-state index in [1.165, 1.54) is 24.8 Å². The second-order valence-corrected chi connectivity index (χ2v) is 8.62. The molecule has 0 spiro atoms. The van der Waals surface area contributed by atoms with Gasteiger partial charge in [-0.2, -0.15) is 0 Å². The Bertz CT molecular complexity index is 1030. The Labute approximate surface area is 177 Å². The second kappa shape index (κ2) is 8.05. The van der Waals surface area contributed by atoms with E-state index in [-0.39, 0.29) is 5.91 Å². The summed E-state index contributed by atoms with van der Waals surface area (Å²) in [6.45, 7) is 2.77. The molecule has 1 aliphatic heterocycles. The Morgan fingerprint density at radius 3 is 2.67 bits per heavy atom. The first-order valence-electron chi connectivity index (χ1n) is 11.0. The Morgan fingerprint density at radius 1 is 1.00 bits per heavy atom. The number of hydrogen-bond donors (Lipinski definition) is 0. The molecule has 1 amide bonds. The molecule has 2 fully saturated rings. The molecule has 5 heteroatoms. The number of benzene rings is 1. The van der Waals surface area contributed by atoms with Crippen LogP contribution in [0.4, 0.5) is 0 Å². The number of likely N-dealkylation sites (tertiary alicyclic amines) is 1. The molecule has 3 aromatic rings. The molecular weight excluding hydrogens is 372 g/mol. The number of hydrogen-bond acceptors (Lipinski definition) is 3. The summed E-state index contributed by atoms with van der Waals surface area (Å²) in [6, 6.07) is 17.0. The second-order valence-electron chi connectivity index (χ2n) is 8.62. The maximum atomic E-state index is 13.4. The smallest absolute Gasteiger partial charge is 0.274 e. The topological polar surface area (TPSA) is 51.0 Å². The van der Waals surface area contributed by atoms with Crippen LogP contribution >= 0.6 is 0 Å². The van der Waals surface area contributed by atoms with Gasteiger partial charge in [0.1, 0.15) is 17.8 Å². The summed E-state index contributed by atoms with van der Waals surface area (Å²) in [5.41, 5.74) is 2.89. The van der Waals surface area contributed by atoms with Gasteiger partial charge in [-0.25, -0.2) is 9.97 Å². The van der Waals surface area contributed by atoms with Crippen LogP contribution in [-0.4, -0.2) is 37.9 Å². The zero-order valence-corrected chi connectivity index (χ0v) is 17.4. The summed E-state index contributed by atoms with van der Waals surface area (Å²) in [4.78, 5) is 24.5. The normalized spacial score (nSPS) is 23.8. The predicted molar refractivity (Wildman–Crippen MR) is 117 cm³/mol. The highest BCUT2D eigenvalue weighted by Gasteiger charge is 2.42. The molecule has 0 bridgehead atoms. The highest BCUT2D eigenvalue weighted by Crippen LogP contribution is 2.44. The molecule has 5 rings (SSSR count). The van der Waals surface area contributed by atoms with Gasteiger partial charge in [0.25, 0.3) is 5.91 Å². The van der Waals surface area contributed by atoms with E-state index < -0.39 is 0 Å². The molecule has 0 radical (unpaired) electrons. The number of carbonyl (C=O) groups is 1. The third-order valence-electron chi connectivity index (χ3n) is 6.81. The van der Waals surface area contributed by atoms with Gasteiger partial charge in [0.2, 0.25) is 0 Å². The van der Waals surface area contributed by atoms with Gasteiger partial charge in [-0.15, -0.1) is 0 Å². The van der Waals surface area contributed by atoms with Gasteiger partial charge in [-0.1, -0.05) is 49.2 Å². The maximum Gasteiger partial charge on any atom is 0.274 e. The van der Waals surface area contributed by atoms with Crippen LogP contribution < -0.4 is 0 Å². The van der Waals surface area contributed by atoms with Crippen LogP contribution in [0.3, 0.4) is 0 Å². The van der Waals surface area contributed by atoms with Crippen molar-refractivity contribution in [2.24, 2.45) is 5.92 Å². The summed E-state index contributed by atoms with van der Waals surface area (Å²) in [7, 11) is 0. The van der Waals surface area contributed by atoms with Crippen molar-refractivity contribution in [3.63, 3.8) is 0 Å². The van der Waals surface area contributed by atoms with Gasteiger partial charge in [0.15, 0.2) is 0 Å². The van der Waals surface area contributed by atoms with Gasteiger partial charge < -0.3 is 4.90 Å². The van der Waals surface area contributed by atoms with Gasteiger partial charge in [-0.05, 0) is 55.7 Å². The van der Waals surface area contributed by atoms with Crippen LogP contribution in [0, 0.1) is 12.8 Å². The number of imidazole rings is 1. The fourth-order valence-corrected chi connectivity index (χ4v) is 5.40. The highest BCUT2D eigenvalue weighted by molar-refractivity contribution is 5.92. The fraction of sp³-hybridized carbons (Fsp3) is 0.400. The lowest BCUT2D eigenvalue weighted by Crippen LogP contribution is -2.52. The van der Waals surface area contributed by atoms with E-state index in [2.05, 4.69) is 45.2 Å². The molecule has 3 unspecified atom stereocenters. The monoisotopic (exact) mass is 400 g/mol. The number of carbonyl (C=O) groups excluding carboxylic acids is 1. The summed E-state index contributed by atoms with van der Waals surface area (Å²) in [5.74, 6) is 1.94. The summed E-state index contributed by atoms with van der Waals surface area (Å²) < 4.78 is 1.84. The van der Waals surface area contributed by atoms with Crippen LogP contribution in [0.5, 0.6) is 0 Å². The largest absolute Gasteiger partial charge is 0.334 e. The third-order valence-corrected chi connectivity index (χ3v) is 6.81. The lowest BCUT2D eigenvalue weighted by Gasteiger charge is -2.48. The molecule has 2 aromatic heterocycles. The zero-order valence-electron chi connectivity index (χ0n) is 17.4. The van der Waals surface area contributed by atoms with Crippen molar-refractivity contribution in [1.29, 1.82) is 0 Å². The van der Waals surface area contributed by atoms with Crippen molar-refractivity contribution in [2.45, 2.75) is 51.0 Å². The molecule has 5 nitrogen and oxygen atoms in total. The number of nitrogens with zero attached hydrogens (tertiary/aromatic N) is 4. The van der Waals surface area contributed by atoms with Crippen molar-refractivity contribution in [3.8, 4) is 5.82 Å². The van der Waals surface area contributed by atoms with Gasteiger partial charge >= 0.3 is 0 Å². The Hall–Kier alpha value is -2.95.